The molecule has 0 N–H and O–H groups in total. The van der Waals surface area contributed by atoms with E-state index in [4.69, 9.17) is 11.6 Å². The van der Waals surface area contributed by atoms with Crippen LogP contribution >= 0.6 is 34.2 Å². The lowest BCUT2D eigenvalue weighted by Gasteiger charge is -2.38. The van der Waals surface area contributed by atoms with Crippen molar-refractivity contribution >= 4 is 39.9 Å². The van der Waals surface area contributed by atoms with Crippen LogP contribution in [-0.4, -0.2) is 10.6 Å². The van der Waals surface area contributed by atoms with E-state index >= 15 is 0 Å². The molecule has 1 aliphatic rings. The fraction of sp³-hybridized carbons (Fsp3) is 0.500. The minimum atomic E-state index is 0.0950. The van der Waals surface area contributed by atoms with E-state index in [-0.39, 0.29) is 8.96 Å². The molecule has 3 heteroatoms. The van der Waals surface area contributed by atoms with Crippen LogP contribution < -0.4 is 4.90 Å². The summed E-state index contributed by atoms with van der Waals surface area (Å²) in [6.07, 6.45) is 0. The first-order chi connectivity index (χ1) is 6.78. The van der Waals surface area contributed by atoms with Gasteiger partial charge in [-0.05, 0) is 30.7 Å². The van der Waals surface area contributed by atoms with Gasteiger partial charge in [-0.2, -0.15) is 0 Å². The molecule has 2 rings (SSSR count). The molecule has 0 fully saturated rings. The average Bonchev–Trinajstić information content (AvgIpc) is 2.27. The van der Waals surface area contributed by atoms with Crippen molar-refractivity contribution in [1.29, 1.82) is 0 Å². The molecule has 1 aromatic rings. The lowest BCUT2D eigenvalue weighted by Crippen LogP contribution is -2.46. The van der Waals surface area contributed by atoms with Crippen molar-refractivity contribution in [3.8, 4) is 0 Å². The molecule has 0 spiro atoms. The standard InChI is InChI=1S/C12H15ClIN/c1-11(2)9-7-8(13)5-6-10(9)15(4)12(11,3)14/h5-7H,1-4H3. The van der Waals surface area contributed by atoms with E-state index in [1.165, 1.54) is 11.3 Å². The van der Waals surface area contributed by atoms with Gasteiger partial charge >= 0.3 is 0 Å². The van der Waals surface area contributed by atoms with Crippen LogP contribution in [0, 0.1) is 0 Å². The van der Waals surface area contributed by atoms with E-state index < -0.39 is 0 Å². The summed E-state index contributed by atoms with van der Waals surface area (Å²) in [4.78, 5) is 2.33. The Kier molecular flexibility index (Phi) is 2.51. The molecule has 1 unspecified atom stereocenters. The quantitative estimate of drug-likeness (QED) is 0.390. The molecule has 0 radical (unpaired) electrons. The van der Waals surface area contributed by atoms with E-state index in [1.54, 1.807) is 0 Å². The molecule has 0 saturated heterocycles. The van der Waals surface area contributed by atoms with Gasteiger partial charge in [-0.15, -0.1) is 0 Å². The minimum Gasteiger partial charge on any atom is -0.359 e. The highest BCUT2D eigenvalue weighted by atomic mass is 127. The summed E-state index contributed by atoms with van der Waals surface area (Å²) >= 11 is 8.60. The Hall–Kier alpha value is 0.0400. The Bertz CT molecular complexity index is 412. The Morgan fingerprint density at radius 2 is 1.87 bits per heavy atom. The van der Waals surface area contributed by atoms with Crippen LogP contribution in [0.5, 0.6) is 0 Å². The first kappa shape index (κ1) is 11.5. The third-order valence-corrected chi connectivity index (χ3v) is 6.07. The zero-order chi connectivity index (χ0) is 11.4. The zero-order valence-corrected chi connectivity index (χ0v) is 12.3. The number of alkyl halides is 1. The van der Waals surface area contributed by atoms with Crippen molar-refractivity contribution < 1.29 is 0 Å². The van der Waals surface area contributed by atoms with E-state index in [2.05, 4.69) is 67.4 Å². The highest BCUT2D eigenvalue weighted by molar-refractivity contribution is 14.1. The molecule has 1 nitrogen and oxygen atoms in total. The van der Waals surface area contributed by atoms with Crippen LogP contribution in [0.15, 0.2) is 18.2 Å². The number of halogens is 2. The fourth-order valence-electron chi connectivity index (χ4n) is 2.19. The third kappa shape index (κ3) is 1.41. The molecule has 0 aromatic heterocycles. The molecular weight excluding hydrogens is 320 g/mol. The van der Waals surface area contributed by atoms with Crippen LogP contribution in [0.1, 0.15) is 26.3 Å². The van der Waals surface area contributed by atoms with E-state index in [0.717, 1.165) is 5.02 Å². The lowest BCUT2D eigenvalue weighted by molar-refractivity contribution is 0.436. The second-order valence-electron chi connectivity index (χ2n) is 4.80. The number of likely N-dealkylation sites (N-methyl/N-ethyl adjacent to an activating group) is 1. The summed E-state index contributed by atoms with van der Waals surface area (Å²) < 4.78 is 0.0950. The summed E-state index contributed by atoms with van der Waals surface area (Å²) in [5.41, 5.74) is 2.75. The molecular formula is C12H15ClIN. The number of fused-ring (bicyclic) bond motifs is 1. The topological polar surface area (TPSA) is 3.24 Å². The number of nitrogens with zero attached hydrogens (tertiary/aromatic N) is 1. The van der Waals surface area contributed by atoms with Crippen LogP contribution in [0.2, 0.25) is 5.02 Å². The van der Waals surface area contributed by atoms with Crippen molar-refractivity contribution in [2.24, 2.45) is 0 Å². The molecule has 0 aliphatic carbocycles. The van der Waals surface area contributed by atoms with Crippen molar-refractivity contribution in [1.82, 2.24) is 0 Å². The van der Waals surface area contributed by atoms with Gasteiger partial charge in [0, 0.05) is 23.2 Å². The SMILES string of the molecule is CN1c2ccc(Cl)cc2C(C)(C)C1(C)I. The maximum Gasteiger partial charge on any atom is 0.0977 e. The summed E-state index contributed by atoms with van der Waals surface area (Å²) in [5.74, 6) is 0. The normalized spacial score (nSPS) is 28.0. The Morgan fingerprint density at radius 3 is 2.47 bits per heavy atom. The van der Waals surface area contributed by atoms with Gasteiger partial charge in [0.05, 0.1) is 3.55 Å². The number of hydrogen-bond donors (Lipinski definition) is 0. The van der Waals surface area contributed by atoms with Crippen molar-refractivity contribution in [3.05, 3.63) is 28.8 Å². The van der Waals surface area contributed by atoms with Gasteiger partial charge in [0.2, 0.25) is 0 Å². The number of benzene rings is 1. The largest absolute Gasteiger partial charge is 0.359 e. The van der Waals surface area contributed by atoms with E-state index in [9.17, 15) is 0 Å². The molecule has 0 bridgehead atoms. The maximum atomic E-state index is 6.07. The molecule has 82 valence electrons. The van der Waals surface area contributed by atoms with Gasteiger partial charge in [0.15, 0.2) is 0 Å². The van der Waals surface area contributed by atoms with Crippen molar-refractivity contribution in [2.45, 2.75) is 29.7 Å². The van der Waals surface area contributed by atoms with Gasteiger partial charge < -0.3 is 4.90 Å². The lowest BCUT2D eigenvalue weighted by atomic mass is 9.81. The molecule has 0 saturated carbocycles. The predicted molar refractivity (Wildman–Crippen MR) is 75.3 cm³/mol. The minimum absolute atomic E-state index is 0.0950. The summed E-state index contributed by atoms with van der Waals surface area (Å²) in [6.45, 7) is 6.82. The smallest absolute Gasteiger partial charge is 0.0977 e. The number of anilines is 1. The van der Waals surface area contributed by atoms with Crippen LogP contribution in [0.25, 0.3) is 0 Å². The first-order valence-electron chi connectivity index (χ1n) is 5.01. The second kappa shape index (κ2) is 3.27. The summed E-state index contributed by atoms with van der Waals surface area (Å²) in [7, 11) is 2.15. The van der Waals surface area contributed by atoms with Crippen LogP contribution in [0.3, 0.4) is 0 Å². The van der Waals surface area contributed by atoms with Gasteiger partial charge in [-0.1, -0.05) is 48.0 Å². The van der Waals surface area contributed by atoms with Gasteiger partial charge in [0.1, 0.15) is 0 Å². The van der Waals surface area contributed by atoms with Crippen LogP contribution in [0.4, 0.5) is 5.69 Å². The molecule has 1 heterocycles. The van der Waals surface area contributed by atoms with Crippen LogP contribution in [-0.2, 0) is 5.41 Å². The molecule has 0 amide bonds. The number of rotatable bonds is 0. The van der Waals surface area contributed by atoms with Gasteiger partial charge in [-0.3, -0.25) is 0 Å². The van der Waals surface area contributed by atoms with E-state index in [0.29, 0.717) is 0 Å². The Morgan fingerprint density at radius 1 is 1.27 bits per heavy atom. The third-order valence-electron chi connectivity index (χ3n) is 3.76. The second-order valence-corrected chi connectivity index (χ2v) is 7.34. The monoisotopic (exact) mass is 335 g/mol. The number of hydrogen-bond acceptors (Lipinski definition) is 1. The fourth-order valence-corrected chi connectivity index (χ4v) is 2.92. The highest BCUT2D eigenvalue weighted by Gasteiger charge is 2.50. The van der Waals surface area contributed by atoms with Gasteiger partial charge in [-0.25, -0.2) is 0 Å². The van der Waals surface area contributed by atoms with Crippen molar-refractivity contribution in [3.63, 3.8) is 0 Å². The average molecular weight is 336 g/mol. The predicted octanol–water partition coefficient (Wildman–Crippen LogP) is 4.22. The first-order valence-corrected chi connectivity index (χ1v) is 6.47. The molecule has 1 atom stereocenters. The molecule has 1 aliphatic heterocycles. The molecule has 15 heavy (non-hydrogen) atoms. The Balaban J connectivity index is 2.69. The molecule has 1 aromatic carbocycles. The van der Waals surface area contributed by atoms with E-state index in [1.807, 2.05) is 6.07 Å². The van der Waals surface area contributed by atoms with Gasteiger partial charge in [0.25, 0.3) is 0 Å². The zero-order valence-electron chi connectivity index (χ0n) is 9.44. The maximum absolute atomic E-state index is 6.07. The highest BCUT2D eigenvalue weighted by Crippen LogP contribution is 2.54. The van der Waals surface area contributed by atoms with Crippen molar-refractivity contribution in [2.75, 3.05) is 11.9 Å². The Labute approximate surface area is 110 Å². The summed E-state index contributed by atoms with van der Waals surface area (Å²) in [5, 5.41) is 0.823. The summed E-state index contributed by atoms with van der Waals surface area (Å²) in [6, 6.07) is 6.17.